The zero-order chi connectivity index (χ0) is 20.5. The number of ether oxygens (including phenoxy) is 4. The Morgan fingerprint density at radius 1 is 0.964 bits per heavy atom. The number of amides is 1. The Hall–Kier alpha value is -3.42. The minimum atomic E-state index is -0.520. The molecule has 0 fully saturated rings. The van der Waals surface area contributed by atoms with E-state index in [9.17, 15) is 4.79 Å². The second-order valence-electron chi connectivity index (χ2n) is 5.76. The molecule has 2 rings (SSSR count). The monoisotopic (exact) mass is 387 g/mol. The predicted octanol–water partition coefficient (Wildman–Crippen LogP) is 2.67. The van der Waals surface area contributed by atoms with Gasteiger partial charge in [0.15, 0.2) is 11.5 Å². The smallest absolute Gasteiger partial charge is 0.262 e. The summed E-state index contributed by atoms with van der Waals surface area (Å²) in [5.41, 5.74) is 3.91. The first-order chi connectivity index (χ1) is 13.5. The minimum Gasteiger partial charge on any atom is -0.495 e. The quantitative estimate of drug-likeness (QED) is 0.508. The number of benzene rings is 2. The number of hydrazone groups is 1. The van der Waals surface area contributed by atoms with Gasteiger partial charge in [-0.1, -0.05) is 12.1 Å². The van der Waals surface area contributed by atoms with Gasteiger partial charge in [-0.05, 0) is 31.2 Å². The second-order valence-corrected chi connectivity index (χ2v) is 5.76. The normalized spacial score (nSPS) is 11.6. The predicted molar refractivity (Wildman–Crippen MR) is 108 cm³/mol. The van der Waals surface area contributed by atoms with Crippen molar-refractivity contribution in [3.8, 4) is 23.0 Å². The fourth-order valence-corrected chi connectivity index (χ4v) is 2.51. The Balaban J connectivity index is 2.04. The van der Waals surface area contributed by atoms with Gasteiger partial charge < -0.3 is 24.3 Å². The third kappa shape index (κ3) is 5.06. The second kappa shape index (κ2) is 10.1. The van der Waals surface area contributed by atoms with Crippen LogP contribution in [-0.4, -0.2) is 46.6 Å². The summed E-state index contributed by atoms with van der Waals surface area (Å²) in [5, 5.41) is 7.10. The van der Waals surface area contributed by atoms with E-state index >= 15 is 0 Å². The largest absolute Gasteiger partial charge is 0.495 e. The van der Waals surface area contributed by atoms with Gasteiger partial charge in [0.2, 0.25) is 5.75 Å². The van der Waals surface area contributed by atoms with E-state index in [1.807, 2.05) is 24.3 Å². The fourth-order valence-electron chi connectivity index (χ4n) is 2.51. The molecule has 0 bridgehead atoms. The van der Waals surface area contributed by atoms with Crippen molar-refractivity contribution in [2.24, 2.45) is 5.10 Å². The van der Waals surface area contributed by atoms with Gasteiger partial charge in [-0.2, -0.15) is 5.10 Å². The number of nitrogens with zero attached hydrogens (tertiary/aromatic N) is 1. The third-order valence-corrected chi connectivity index (χ3v) is 3.95. The molecule has 1 atom stereocenters. The highest BCUT2D eigenvalue weighted by atomic mass is 16.5. The van der Waals surface area contributed by atoms with E-state index in [2.05, 4.69) is 15.8 Å². The summed E-state index contributed by atoms with van der Waals surface area (Å²) in [5.74, 6) is 1.85. The molecular formula is C20H25N3O5. The average molecular weight is 387 g/mol. The van der Waals surface area contributed by atoms with Crippen LogP contribution in [0.2, 0.25) is 0 Å². The summed E-state index contributed by atoms with van der Waals surface area (Å²) >= 11 is 0. The molecule has 150 valence electrons. The molecule has 0 spiro atoms. The number of nitrogens with one attached hydrogen (secondary N) is 2. The van der Waals surface area contributed by atoms with E-state index in [0.29, 0.717) is 28.6 Å². The van der Waals surface area contributed by atoms with Gasteiger partial charge in [0.1, 0.15) is 11.8 Å². The first-order valence-corrected chi connectivity index (χ1v) is 8.56. The summed E-state index contributed by atoms with van der Waals surface area (Å²) in [7, 11) is 6.17. The fraction of sp³-hybridized carbons (Fsp3) is 0.300. The van der Waals surface area contributed by atoms with Gasteiger partial charge in [0.05, 0.1) is 40.3 Å². The van der Waals surface area contributed by atoms with Crippen LogP contribution in [0.1, 0.15) is 12.5 Å². The standard InChI is InChI=1S/C20H25N3O5/c1-13(22-15-8-6-7-9-16(15)25-2)20(24)23-21-12-14-10-17(26-3)19(28-5)18(11-14)27-4/h6-13,22H,1-5H3,(H,23,24). The molecule has 8 nitrogen and oxygen atoms in total. The van der Waals surface area contributed by atoms with Crippen LogP contribution in [0.15, 0.2) is 41.5 Å². The molecule has 1 unspecified atom stereocenters. The van der Waals surface area contributed by atoms with Crippen LogP contribution in [0.5, 0.6) is 23.0 Å². The van der Waals surface area contributed by atoms with E-state index in [0.717, 1.165) is 5.69 Å². The Morgan fingerprint density at radius 2 is 1.57 bits per heavy atom. The zero-order valence-corrected chi connectivity index (χ0v) is 16.6. The molecule has 1 amide bonds. The Morgan fingerprint density at radius 3 is 2.14 bits per heavy atom. The summed E-state index contributed by atoms with van der Waals surface area (Å²) < 4.78 is 21.1. The lowest BCUT2D eigenvalue weighted by Gasteiger charge is -2.16. The number of methoxy groups -OCH3 is 4. The molecule has 2 aromatic rings. The maximum atomic E-state index is 12.3. The van der Waals surface area contributed by atoms with Crippen molar-refractivity contribution >= 4 is 17.8 Å². The first kappa shape index (κ1) is 20.9. The topological polar surface area (TPSA) is 90.4 Å². The van der Waals surface area contributed by atoms with Crippen molar-refractivity contribution in [1.29, 1.82) is 0 Å². The summed E-state index contributed by atoms with van der Waals surface area (Å²) in [6, 6.07) is 10.3. The van der Waals surface area contributed by atoms with Gasteiger partial charge in [-0.3, -0.25) is 4.79 Å². The number of hydrogen-bond donors (Lipinski definition) is 2. The Bertz CT molecular complexity index is 813. The highest BCUT2D eigenvalue weighted by molar-refractivity contribution is 5.87. The van der Waals surface area contributed by atoms with Gasteiger partial charge in [0, 0.05) is 5.56 Å². The number of hydrogen-bond acceptors (Lipinski definition) is 7. The summed E-state index contributed by atoms with van der Waals surface area (Å²) in [6.45, 7) is 1.73. The van der Waals surface area contributed by atoms with Crippen LogP contribution in [-0.2, 0) is 4.79 Å². The van der Waals surface area contributed by atoms with E-state index in [1.54, 1.807) is 26.2 Å². The minimum absolute atomic E-state index is 0.297. The number of anilines is 1. The van der Waals surface area contributed by atoms with Gasteiger partial charge in [0.25, 0.3) is 5.91 Å². The molecular weight excluding hydrogens is 362 g/mol. The van der Waals surface area contributed by atoms with Crippen LogP contribution in [0.4, 0.5) is 5.69 Å². The molecule has 0 aromatic heterocycles. The van der Waals surface area contributed by atoms with Crippen molar-refractivity contribution in [2.45, 2.75) is 13.0 Å². The number of carbonyl (C=O) groups is 1. The summed E-state index contributed by atoms with van der Waals surface area (Å²) in [4.78, 5) is 12.3. The molecule has 0 aliphatic rings. The molecule has 0 saturated heterocycles. The summed E-state index contributed by atoms with van der Waals surface area (Å²) in [6.07, 6.45) is 1.50. The van der Waals surface area contributed by atoms with Gasteiger partial charge >= 0.3 is 0 Å². The van der Waals surface area contributed by atoms with E-state index < -0.39 is 6.04 Å². The van der Waals surface area contributed by atoms with Crippen molar-refractivity contribution < 1.29 is 23.7 Å². The highest BCUT2D eigenvalue weighted by Crippen LogP contribution is 2.37. The van der Waals surface area contributed by atoms with Crippen molar-refractivity contribution in [3.63, 3.8) is 0 Å². The Kier molecular flexibility index (Phi) is 7.50. The molecule has 0 heterocycles. The van der Waals surface area contributed by atoms with Crippen LogP contribution in [0, 0.1) is 0 Å². The SMILES string of the molecule is COc1ccccc1NC(C)C(=O)NN=Cc1cc(OC)c(OC)c(OC)c1. The first-order valence-electron chi connectivity index (χ1n) is 8.56. The molecule has 2 N–H and O–H groups in total. The highest BCUT2D eigenvalue weighted by Gasteiger charge is 2.14. The molecule has 28 heavy (non-hydrogen) atoms. The third-order valence-electron chi connectivity index (χ3n) is 3.95. The molecule has 8 heteroatoms. The van der Waals surface area contributed by atoms with Crippen molar-refractivity contribution in [1.82, 2.24) is 5.43 Å². The van der Waals surface area contributed by atoms with Crippen LogP contribution in [0.3, 0.4) is 0 Å². The number of rotatable bonds is 9. The molecule has 0 aliphatic carbocycles. The lowest BCUT2D eigenvalue weighted by atomic mass is 10.2. The van der Waals surface area contributed by atoms with E-state index in [4.69, 9.17) is 18.9 Å². The lowest BCUT2D eigenvalue weighted by molar-refractivity contribution is -0.121. The van der Waals surface area contributed by atoms with Crippen molar-refractivity contribution in [3.05, 3.63) is 42.0 Å². The molecule has 0 saturated carbocycles. The van der Waals surface area contributed by atoms with Crippen LogP contribution >= 0.6 is 0 Å². The lowest BCUT2D eigenvalue weighted by Crippen LogP contribution is -2.35. The number of para-hydroxylation sites is 2. The van der Waals surface area contributed by atoms with Crippen molar-refractivity contribution in [2.75, 3.05) is 33.8 Å². The van der Waals surface area contributed by atoms with Crippen LogP contribution < -0.4 is 29.7 Å². The van der Waals surface area contributed by atoms with E-state index in [-0.39, 0.29) is 5.91 Å². The Labute approximate surface area is 164 Å². The van der Waals surface area contributed by atoms with E-state index in [1.165, 1.54) is 27.5 Å². The molecule has 0 aliphatic heterocycles. The number of carbonyl (C=O) groups excluding carboxylic acids is 1. The maximum Gasteiger partial charge on any atom is 0.262 e. The van der Waals surface area contributed by atoms with Gasteiger partial charge in [-0.25, -0.2) is 5.43 Å². The maximum absolute atomic E-state index is 12.3. The molecule has 0 radical (unpaired) electrons. The molecule has 2 aromatic carbocycles. The zero-order valence-electron chi connectivity index (χ0n) is 16.6. The van der Waals surface area contributed by atoms with Crippen LogP contribution in [0.25, 0.3) is 0 Å². The van der Waals surface area contributed by atoms with Gasteiger partial charge in [-0.15, -0.1) is 0 Å². The average Bonchev–Trinajstić information content (AvgIpc) is 2.73.